The Balaban J connectivity index is 1.68. The number of nitrogens with one attached hydrogen (secondary N) is 2. The molecule has 1 unspecified atom stereocenters. The maximum atomic E-state index is 14.4. The first-order chi connectivity index (χ1) is 17.3. The molecule has 1 aromatic heterocycles. The minimum atomic E-state index is -0.391. The van der Waals surface area contributed by atoms with Crippen molar-refractivity contribution in [2.45, 2.75) is 51.0 Å². The molecular formula is C28H36FN5O2. The van der Waals surface area contributed by atoms with Gasteiger partial charge < -0.3 is 20.9 Å². The van der Waals surface area contributed by atoms with Gasteiger partial charge in [-0.2, -0.15) is 0 Å². The van der Waals surface area contributed by atoms with Crippen LogP contribution in [0, 0.1) is 5.82 Å². The summed E-state index contributed by atoms with van der Waals surface area (Å²) in [5, 5.41) is 3.15. The number of nitrogens with zero attached hydrogens (tertiary/aromatic N) is 2. The third-order valence-electron chi connectivity index (χ3n) is 6.36. The van der Waals surface area contributed by atoms with E-state index in [1.54, 1.807) is 12.2 Å². The van der Waals surface area contributed by atoms with E-state index in [2.05, 4.69) is 10.3 Å². The van der Waals surface area contributed by atoms with Gasteiger partial charge in [0, 0.05) is 32.8 Å². The Morgan fingerprint density at radius 1 is 1.31 bits per heavy atom. The van der Waals surface area contributed by atoms with Gasteiger partial charge in [0.2, 0.25) is 0 Å². The molecular weight excluding hydrogens is 457 g/mol. The van der Waals surface area contributed by atoms with E-state index in [9.17, 15) is 14.0 Å². The first-order valence-corrected chi connectivity index (χ1v) is 12.3. The number of H-pyrrole nitrogens is 1. The summed E-state index contributed by atoms with van der Waals surface area (Å²) in [7, 11) is 3.71. The van der Waals surface area contributed by atoms with E-state index in [0.29, 0.717) is 41.1 Å². The highest BCUT2D eigenvalue weighted by atomic mass is 19.1. The number of aromatic nitrogens is 2. The van der Waals surface area contributed by atoms with Crippen molar-refractivity contribution in [3.8, 4) is 0 Å². The Morgan fingerprint density at radius 3 is 2.72 bits per heavy atom. The summed E-state index contributed by atoms with van der Waals surface area (Å²) >= 11 is 0. The highest BCUT2D eigenvalue weighted by Gasteiger charge is 2.25. The molecule has 0 spiro atoms. The molecule has 2 aromatic rings. The zero-order valence-electron chi connectivity index (χ0n) is 21.3. The van der Waals surface area contributed by atoms with Crippen molar-refractivity contribution in [1.29, 1.82) is 0 Å². The fourth-order valence-corrected chi connectivity index (χ4v) is 4.56. The van der Waals surface area contributed by atoms with E-state index in [-0.39, 0.29) is 18.1 Å². The lowest BCUT2D eigenvalue weighted by Crippen LogP contribution is -2.26. The van der Waals surface area contributed by atoms with Gasteiger partial charge in [-0.15, -0.1) is 0 Å². The van der Waals surface area contributed by atoms with Crippen LogP contribution in [-0.2, 0) is 16.1 Å². The van der Waals surface area contributed by atoms with Crippen LogP contribution in [0.5, 0.6) is 0 Å². The van der Waals surface area contributed by atoms with E-state index >= 15 is 0 Å². The molecule has 0 radical (unpaired) electrons. The Morgan fingerprint density at radius 2 is 2.06 bits per heavy atom. The number of Topliss-reactive ketones (excluding diaryl/α,β-unsaturated/α-hetero) is 1. The lowest BCUT2D eigenvalue weighted by Gasteiger charge is -2.13. The van der Waals surface area contributed by atoms with Crippen LogP contribution in [0.4, 0.5) is 4.39 Å². The van der Waals surface area contributed by atoms with Crippen LogP contribution < -0.4 is 11.1 Å². The smallest absolute Gasteiger partial charge is 0.155 e. The Bertz CT molecular complexity index is 1140. The highest BCUT2D eigenvalue weighted by Crippen LogP contribution is 2.34. The number of carbonyl (C=O) groups excluding carboxylic acids is 2. The molecule has 4 N–H and O–H groups in total. The Hall–Kier alpha value is -3.52. The summed E-state index contributed by atoms with van der Waals surface area (Å²) in [5.41, 5.74) is 9.16. The first kappa shape index (κ1) is 27.1. The van der Waals surface area contributed by atoms with Crippen molar-refractivity contribution in [3.63, 3.8) is 0 Å². The predicted octanol–water partition coefficient (Wildman–Crippen LogP) is 4.26. The topological polar surface area (TPSA) is 104 Å². The second-order valence-electron chi connectivity index (χ2n) is 9.44. The van der Waals surface area contributed by atoms with Crippen molar-refractivity contribution in [1.82, 2.24) is 20.2 Å². The van der Waals surface area contributed by atoms with Gasteiger partial charge in [0.1, 0.15) is 17.9 Å². The van der Waals surface area contributed by atoms with Gasteiger partial charge in [-0.05, 0) is 79.1 Å². The van der Waals surface area contributed by atoms with Gasteiger partial charge in [-0.3, -0.25) is 9.59 Å². The van der Waals surface area contributed by atoms with Crippen molar-refractivity contribution < 1.29 is 14.0 Å². The van der Waals surface area contributed by atoms with Crippen molar-refractivity contribution in [2.24, 2.45) is 5.73 Å². The summed E-state index contributed by atoms with van der Waals surface area (Å²) in [6.45, 7) is 2.31. The molecule has 1 atom stereocenters. The number of halogens is 1. The number of hydrogen-bond donors (Lipinski definition) is 3. The summed E-state index contributed by atoms with van der Waals surface area (Å²) in [6, 6.07) is 4.71. The number of aromatic amines is 1. The molecule has 7 nitrogen and oxygen atoms in total. The maximum absolute atomic E-state index is 14.4. The number of carbonyl (C=O) groups is 2. The quantitative estimate of drug-likeness (QED) is 0.232. The minimum absolute atomic E-state index is 0.00188. The molecule has 3 rings (SSSR count). The van der Waals surface area contributed by atoms with Crippen LogP contribution in [0.1, 0.15) is 72.8 Å². The second kappa shape index (κ2) is 13.0. The van der Waals surface area contributed by atoms with E-state index in [1.807, 2.05) is 38.2 Å². The number of rotatable bonds is 12. The molecule has 1 saturated carbocycles. The SMILES string of the molecule is CC(C(=O)CNCc1cc(F)cc(C(/C=C\C=O)=C/N(C)C)c1)c1[nH]c(C2CCCC2)nc1/C=C\N. The largest absolute Gasteiger partial charge is 0.405 e. The molecule has 1 aliphatic carbocycles. The fraction of sp³-hybridized carbons (Fsp3) is 0.393. The van der Waals surface area contributed by atoms with Gasteiger partial charge >= 0.3 is 0 Å². The summed E-state index contributed by atoms with van der Waals surface area (Å²) in [4.78, 5) is 33.7. The van der Waals surface area contributed by atoms with Gasteiger partial charge in [-0.1, -0.05) is 12.8 Å². The number of allylic oxidation sites excluding steroid dienone is 3. The van der Waals surface area contributed by atoms with Crippen LogP contribution in [0.25, 0.3) is 11.6 Å². The molecule has 8 heteroatoms. The number of benzene rings is 1. The zero-order chi connectivity index (χ0) is 26.1. The summed E-state index contributed by atoms with van der Waals surface area (Å²) < 4.78 is 14.4. The first-order valence-electron chi connectivity index (χ1n) is 12.3. The summed E-state index contributed by atoms with van der Waals surface area (Å²) in [5.74, 6) is 0.558. The highest BCUT2D eigenvalue weighted by molar-refractivity contribution is 5.87. The molecule has 1 aliphatic rings. The average Bonchev–Trinajstić information content (AvgIpc) is 3.51. The number of ketones is 1. The van der Waals surface area contributed by atoms with Gasteiger partial charge in [-0.25, -0.2) is 9.37 Å². The molecule has 192 valence electrons. The van der Waals surface area contributed by atoms with Crippen LogP contribution >= 0.6 is 0 Å². The normalized spacial score (nSPS) is 15.7. The van der Waals surface area contributed by atoms with Crippen LogP contribution in [-0.4, -0.2) is 47.6 Å². The lowest BCUT2D eigenvalue weighted by molar-refractivity contribution is -0.119. The second-order valence-corrected chi connectivity index (χ2v) is 9.44. The van der Waals surface area contributed by atoms with E-state index < -0.39 is 5.92 Å². The molecule has 1 aromatic carbocycles. The van der Waals surface area contributed by atoms with E-state index in [4.69, 9.17) is 10.7 Å². The van der Waals surface area contributed by atoms with Crippen molar-refractivity contribution >= 4 is 23.7 Å². The molecule has 1 heterocycles. The number of nitrogens with two attached hydrogens (primary N) is 1. The van der Waals surface area contributed by atoms with E-state index in [1.165, 1.54) is 37.3 Å². The number of imidazole rings is 1. The molecule has 1 fully saturated rings. The fourth-order valence-electron chi connectivity index (χ4n) is 4.56. The Kier molecular flexibility index (Phi) is 9.76. The molecule has 0 aliphatic heterocycles. The van der Waals surface area contributed by atoms with Gasteiger partial charge in [0.15, 0.2) is 5.78 Å². The predicted molar refractivity (Wildman–Crippen MR) is 141 cm³/mol. The third kappa shape index (κ3) is 7.24. The lowest BCUT2D eigenvalue weighted by atomic mass is 10.00. The van der Waals surface area contributed by atoms with Crippen molar-refractivity contribution in [2.75, 3.05) is 20.6 Å². The van der Waals surface area contributed by atoms with E-state index in [0.717, 1.165) is 24.4 Å². The molecule has 0 saturated heterocycles. The standard InChI is InChI=1S/C28H36FN5O2/c1-19(27-25(10-11-30)32-28(33-27)21-7-4-5-8-21)26(36)17-31-16-20-13-23(15-24(29)14-20)22(9-6-12-35)18-34(2)3/h6,9-15,18-19,21,31H,4-5,7-8,16-17,30H2,1-3H3,(H,32,33)/b9-6-,11-10-,22-18+. The third-order valence-corrected chi connectivity index (χ3v) is 6.36. The molecule has 36 heavy (non-hydrogen) atoms. The Labute approximate surface area is 212 Å². The maximum Gasteiger partial charge on any atom is 0.155 e. The number of hydrogen-bond acceptors (Lipinski definition) is 6. The van der Waals surface area contributed by atoms with Gasteiger partial charge in [0.25, 0.3) is 0 Å². The summed E-state index contributed by atoms with van der Waals surface area (Å²) in [6.07, 6.45) is 13.3. The van der Waals surface area contributed by atoms with Crippen molar-refractivity contribution in [3.05, 3.63) is 76.9 Å². The molecule has 0 amide bonds. The molecule has 0 bridgehead atoms. The zero-order valence-corrected chi connectivity index (χ0v) is 21.3. The average molecular weight is 494 g/mol. The minimum Gasteiger partial charge on any atom is -0.405 e. The van der Waals surface area contributed by atoms with Crippen LogP contribution in [0.2, 0.25) is 0 Å². The van der Waals surface area contributed by atoms with Crippen LogP contribution in [0.15, 0.2) is 42.8 Å². The van der Waals surface area contributed by atoms with Crippen LogP contribution in [0.3, 0.4) is 0 Å². The number of aldehydes is 1. The van der Waals surface area contributed by atoms with Gasteiger partial charge in [0.05, 0.1) is 23.9 Å². The monoisotopic (exact) mass is 493 g/mol.